The van der Waals surface area contributed by atoms with Crippen LogP contribution in [0.3, 0.4) is 0 Å². The van der Waals surface area contributed by atoms with Crippen LogP contribution in [-0.2, 0) is 4.79 Å². The van der Waals surface area contributed by atoms with E-state index in [1.54, 1.807) is 6.07 Å². The fourth-order valence-corrected chi connectivity index (χ4v) is 3.23. The number of nitrogens with zero attached hydrogens (tertiary/aromatic N) is 2. The van der Waals surface area contributed by atoms with Gasteiger partial charge in [0.1, 0.15) is 6.79 Å². The fraction of sp³-hybridized carbons (Fsp3) is 0.318. The normalized spacial score (nSPS) is 12.9. The average Bonchev–Trinajstić information content (AvgIpc) is 2.71. The van der Waals surface area contributed by atoms with E-state index in [4.69, 9.17) is 28.0 Å². The van der Waals surface area contributed by atoms with E-state index in [0.29, 0.717) is 10.0 Å². The molecule has 4 nitrogen and oxygen atoms in total. The van der Waals surface area contributed by atoms with Crippen molar-refractivity contribution in [3.05, 3.63) is 58.1 Å². The van der Waals surface area contributed by atoms with Gasteiger partial charge in [-0.15, -0.1) is 12.8 Å². The summed E-state index contributed by atoms with van der Waals surface area (Å²) in [7, 11) is 4.13. The molecular formula is C22H29Cl2N3O. The Kier molecular flexibility index (Phi) is 13.7. The standard InChI is InChI=1S/C12H19N3.C7H6Cl2.C2H2.CH2O/c1-13-11-3-5-12(6-4-11)15-9-7-14(2)8-10-15;1-5-2-6(8)4-7(9)3-5;2*1-2/h3-6,13H,7-10H2,1-2H3;2-4H,1H3;1-2H;1H2. The highest BCUT2D eigenvalue weighted by Gasteiger charge is 2.13. The molecule has 3 rings (SSSR count). The van der Waals surface area contributed by atoms with E-state index in [9.17, 15) is 0 Å². The van der Waals surface area contributed by atoms with Gasteiger partial charge >= 0.3 is 0 Å². The van der Waals surface area contributed by atoms with Crippen LogP contribution in [0.25, 0.3) is 0 Å². The van der Waals surface area contributed by atoms with Crippen molar-refractivity contribution in [1.29, 1.82) is 0 Å². The van der Waals surface area contributed by atoms with E-state index in [-0.39, 0.29) is 0 Å². The van der Waals surface area contributed by atoms with Gasteiger partial charge in [-0.2, -0.15) is 0 Å². The van der Waals surface area contributed by atoms with Gasteiger partial charge in [0.05, 0.1) is 0 Å². The molecule has 0 radical (unpaired) electrons. The van der Waals surface area contributed by atoms with Crippen LogP contribution in [0.5, 0.6) is 0 Å². The van der Waals surface area contributed by atoms with E-state index < -0.39 is 0 Å². The quantitative estimate of drug-likeness (QED) is 0.703. The zero-order valence-corrected chi connectivity index (χ0v) is 18.3. The van der Waals surface area contributed by atoms with Crippen molar-refractivity contribution in [1.82, 2.24) is 4.90 Å². The second-order valence-electron chi connectivity index (χ2n) is 6.03. The number of aryl methyl sites for hydroxylation is 1. The van der Waals surface area contributed by atoms with Crippen molar-refractivity contribution in [2.24, 2.45) is 0 Å². The number of likely N-dealkylation sites (N-methyl/N-ethyl adjacent to an activating group) is 1. The molecule has 1 aliphatic rings. The van der Waals surface area contributed by atoms with E-state index >= 15 is 0 Å². The van der Waals surface area contributed by atoms with Gasteiger partial charge in [0.2, 0.25) is 0 Å². The van der Waals surface area contributed by atoms with Gasteiger partial charge in [0, 0.05) is 54.6 Å². The second-order valence-corrected chi connectivity index (χ2v) is 6.91. The number of anilines is 2. The summed E-state index contributed by atoms with van der Waals surface area (Å²) in [5.41, 5.74) is 3.60. The van der Waals surface area contributed by atoms with Crippen molar-refractivity contribution >= 4 is 41.4 Å². The molecular weight excluding hydrogens is 393 g/mol. The summed E-state index contributed by atoms with van der Waals surface area (Å²) in [5.74, 6) is 0. The molecule has 0 unspecified atom stereocenters. The molecule has 6 heteroatoms. The predicted molar refractivity (Wildman–Crippen MR) is 124 cm³/mol. The van der Waals surface area contributed by atoms with Gasteiger partial charge in [-0.3, -0.25) is 0 Å². The fourth-order valence-electron chi connectivity index (χ4n) is 2.60. The van der Waals surface area contributed by atoms with E-state index in [1.807, 2.05) is 32.9 Å². The number of nitrogens with one attached hydrogen (secondary N) is 1. The van der Waals surface area contributed by atoms with Gasteiger partial charge in [0.15, 0.2) is 0 Å². The lowest BCUT2D eigenvalue weighted by Crippen LogP contribution is -2.44. The molecule has 0 spiro atoms. The summed E-state index contributed by atoms with van der Waals surface area (Å²) >= 11 is 11.3. The topological polar surface area (TPSA) is 35.6 Å². The zero-order valence-electron chi connectivity index (χ0n) is 16.8. The molecule has 0 aliphatic carbocycles. The van der Waals surface area contributed by atoms with Crippen LogP contribution in [0.1, 0.15) is 5.56 Å². The molecule has 152 valence electrons. The molecule has 0 aromatic heterocycles. The van der Waals surface area contributed by atoms with Crippen LogP contribution < -0.4 is 10.2 Å². The molecule has 1 heterocycles. The Morgan fingerprint density at radius 2 is 1.39 bits per heavy atom. The molecule has 0 atom stereocenters. The number of rotatable bonds is 2. The number of hydrogen-bond acceptors (Lipinski definition) is 4. The van der Waals surface area contributed by atoms with Crippen molar-refractivity contribution in [2.45, 2.75) is 6.92 Å². The van der Waals surface area contributed by atoms with Gasteiger partial charge in [0.25, 0.3) is 0 Å². The Hall–Kier alpha value is -2.19. The Morgan fingerprint density at radius 1 is 0.929 bits per heavy atom. The largest absolute Gasteiger partial charge is 0.388 e. The number of benzene rings is 2. The van der Waals surface area contributed by atoms with Crippen LogP contribution in [0.4, 0.5) is 11.4 Å². The van der Waals surface area contributed by atoms with Gasteiger partial charge in [-0.1, -0.05) is 23.2 Å². The van der Waals surface area contributed by atoms with Gasteiger partial charge < -0.3 is 19.9 Å². The maximum absolute atomic E-state index is 8.00. The summed E-state index contributed by atoms with van der Waals surface area (Å²) in [4.78, 5) is 12.8. The second kappa shape index (κ2) is 14.8. The lowest BCUT2D eigenvalue weighted by molar-refractivity contribution is -0.0979. The average molecular weight is 422 g/mol. The van der Waals surface area contributed by atoms with Crippen LogP contribution in [-0.4, -0.2) is 52.0 Å². The molecule has 2 aromatic carbocycles. The van der Waals surface area contributed by atoms with Crippen LogP contribution in [0.15, 0.2) is 42.5 Å². The molecule has 1 aliphatic heterocycles. The molecule has 1 N–H and O–H groups in total. The number of hydrogen-bond donors (Lipinski definition) is 1. The summed E-state index contributed by atoms with van der Waals surface area (Å²) in [5, 5.41) is 4.53. The lowest BCUT2D eigenvalue weighted by Gasteiger charge is -2.34. The SMILES string of the molecule is C#C.C=O.CNc1ccc(N2CCN(C)CC2)cc1.Cc1cc(Cl)cc(Cl)c1. The summed E-state index contributed by atoms with van der Waals surface area (Å²) in [6, 6.07) is 14.1. The minimum absolute atomic E-state index is 0.694. The first-order valence-corrected chi connectivity index (χ1v) is 9.50. The predicted octanol–water partition coefficient (Wildman–Crippen LogP) is 4.85. The first-order chi connectivity index (χ1) is 13.5. The van der Waals surface area contributed by atoms with Crippen LogP contribution in [0.2, 0.25) is 10.0 Å². The molecule has 28 heavy (non-hydrogen) atoms. The van der Waals surface area contributed by atoms with Crippen LogP contribution in [0, 0.1) is 19.8 Å². The molecule has 0 amide bonds. The van der Waals surface area contributed by atoms with Crippen molar-refractivity contribution in [2.75, 3.05) is 50.5 Å². The Morgan fingerprint density at radius 3 is 1.79 bits per heavy atom. The lowest BCUT2D eigenvalue weighted by atomic mass is 10.2. The Bertz CT molecular complexity index is 646. The number of piperazine rings is 1. The van der Waals surface area contributed by atoms with E-state index in [2.05, 4.69) is 59.3 Å². The third-order valence-electron chi connectivity index (χ3n) is 4.03. The Labute approximate surface area is 179 Å². The molecule has 1 fully saturated rings. The monoisotopic (exact) mass is 421 g/mol. The maximum atomic E-state index is 8.00. The highest BCUT2D eigenvalue weighted by Crippen LogP contribution is 2.19. The van der Waals surface area contributed by atoms with Crippen molar-refractivity contribution in [3.8, 4) is 12.8 Å². The summed E-state index contributed by atoms with van der Waals surface area (Å²) < 4.78 is 0. The minimum Gasteiger partial charge on any atom is -0.388 e. The van der Waals surface area contributed by atoms with E-state index in [0.717, 1.165) is 31.7 Å². The third kappa shape index (κ3) is 9.66. The van der Waals surface area contributed by atoms with Gasteiger partial charge in [-0.05, 0) is 62.0 Å². The number of carbonyl (C=O) groups is 1. The summed E-state index contributed by atoms with van der Waals surface area (Å²) in [6.07, 6.45) is 8.00. The number of carbonyl (C=O) groups excluding carboxylic acids is 1. The first-order valence-electron chi connectivity index (χ1n) is 8.74. The number of halogens is 2. The number of terminal acetylenes is 1. The van der Waals surface area contributed by atoms with E-state index in [1.165, 1.54) is 11.4 Å². The highest BCUT2D eigenvalue weighted by atomic mass is 35.5. The van der Waals surface area contributed by atoms with Gasteiger partial charge in [-0.25, -0.2) is 0 Å². The molecule has 1 saturated heterocycles. The maximum Gasteiger partial charge on any atom is 0.106 e. The Balaban J connectivity index is 0.000000481. The molecule has 2 aromatic rings. The van der Waals surface area contributed by atoms with Crippen molar-refractivity contribution < 1.29 is 4.79 Å². The minimum atomic E-state index is 0.694. The summed E-state index contributed by atoms with van der Waals surface area (Å²) in [6.45, 7) is 8.55. The third-order valence-corrected chi connectivity index (χ3v) is 4.47. The molecule has 0 bridgehead atoms. The van der Waals surface area contributed by atoms with Crippen molar-refractivity contribution in [3.63, 3.8) is 0 Å². The molecule has 0 saturated carbocycles. The zero-order chi connectivity index (χ0) is 21.5. The van der Waals surface area contributed by atoms with Crippen LogP contribution >= 0.6 is 23.2 Å². The highest BCUT2D eigenvalue weighted by molar-refractivity contribution is 6.34. The smallest absolute Gasteiger partial charge is 0.106 e. The first kappa shape index (κ1) is 25.8.